The molecule has 7 heteroatoms. The maximum Gasteiger partial charge on any atom is 0.338 e. The van der Waals surface area contributed by atoms with Crippen LogP contribution in [0.4, 0.5) is 0 Å². The maximum atomic E-state index is 12.8. The first-order chi connectivity index (χ1) is 20.4. The highest BCUT2D eigenvalue weighted by atomic mass is 35.5. The van der Waals surface area contributed by atoms with E-state index in [0.717, 1.165) is 44.5 Å². The molecule has 0 spiro atoms. The van der Waals surface area contributed by atoms with Gasteiger partial charge in [-0.15, -0.1) is 0 Å². The van der Waals surface area contributed by atoms with Gasteiger partial charge in [0.1, 0.15) is 0 Å². The summed E-state index contributed by atoms with van der Waals surface area (Å²) in [5.74, 6) is -1.23. The predicted octanol–water partition coefficient (Wildman–Crippen LogP) is 7.86. The van der Waals surface area contributed by atoms with E-state index in [-0.39, 0.29) is 19.8 Å². The van der Waals surface area contributed by atoms with E-state index in [2.05, 4.69) is 0 Å². The van der Waals surface area contributed by atoms with E-state index < -0.39 is 17.9 Å². The van der Waals surface area contributed by atoms with Crippen molar-refractivity contribution in [1.29, 1.82) is 0 Å². The monoisotopic (exact) mass is 580 g/mol. The highest BCUT2D eigenvalue weighted by molar-refractivity contribution is 6.35. The van der Waals surface area contributed by atoms with Gasteiger partial charge in [-0.2, -0.15) is 0 Å². The molecule has 5 rings (SSSR count). The fourth-order valence-corrected chi connectivity index (χ4v) is 5.42. The average Bonchev–Trinajstić information content (AvgIpc) is 3.33. The molecule has 0 N–H and O–H groups in total. The summed E-state index contributed by atoms with van der Waals surface area (Å²) >= 11 is 6.88. The van der Waals surface area contributed by atoms with Crippen molar-refractivity contribution in [2.45, 2.75) is 20.8 Å². The molecule has 4 aromatic carbocycles. The van der Waals surface area contributed by atoms with Gasteiger partial charge in [0.2, 0.25) is 0 Å². The maximum absolute atomic E-state index is 12.8. The van der Waals surface area contributed by atoms with Crippen molar-refractivity contribution in [3.8, 4) is 11.1 Å². The smallest absolute Gasteiger partial charge is 0.338 e. The van der Waals surface area contributed by atoms with Crippen LogP contribution in [0.25, 0.3) is 22.3 Å². The van der Waals surface area contributed by atoms with Gasteiger partial charge < -0.3 is 14.2 Å². The molecule has 0 unspecified atom stereocenters. The molecule has 4 aromatic rings. The largest absolute Gasteiger partial charge is 0.462 e. The Kier molecular flexibility index (Phi) is 8.55. The lowest BCUT2D eigenvalue weighted by atomic mass is 9.87. The molecule has 0 saturated carbocycles. The van der Waals surface area contributed by atoms with Gasteiger partial charge in [0.25, 0.3) is 0 Å². The van der Waals surface area contributed by atoms with Gasteiger partial charge in [-0.25, -0.2) is 14.4 Å². The van der Waals surface area contributed by atoms with E-state index >= 15 is 0 Å². The van der Waals surface area contributed by atoms with Crippen LogP contribution in [0.3, 0.4) is 0 Å². The Morgan fingerprint density at radius 1 is 0.548 bits per heavy atom. The van der Waals surface area contributed by atoms with Crippen molar-refractivity contribution in [2.75, 3.05) is 19.8 Å². The predicted molar refractivity (Wildman–Crippen MR) is 163 cm³/mol. The van der Waals surface area contributed by atoms with E-state index in [1.54, 1.807) is 51.1 Å². The highest BCUT2D eigenvalue weighted by Crippen LogP contribution is 2.51. The zero-order valence-electron chi connectivity index (χ0n) is 23.5. The van der Waals surface area contributed by atoms with Gasteiger partial charge in [-0.05, 0) is 96.6 Å². The lowest BCUT2D eigenvalue weighted by Crippen LogP contribution is -2.06. The van der Waals surface area contributed by atoms with Crippen LogP contribution in [0.2, 0.25) is 5.02 Å². The molecule has 212 valence electrons. The average molecular weight is 581 g/mol. The summed E-state index contributed by atoms with van der Waals surface area (Å²) in [6, 6.07) is 25.6. The summed E-state index contributed by atoms with van der Waals surface area (Å²) in [5, 5.41) is 0.556. The molecular weight excluding hydrogens is 552 g/mol. The second-order valence-corrected chi connectivity index (χ2v) is 9.90. The first-order valence-electron chi connectivity index (χ1n) is 13.8. The quantitative estimate of drug-likeness (QED) is 0.137. The first-order valence-corrected chi connectivity index (χ1v) is 14.2. The third-order valence-electron chi connectivity index (χ3n) is 6.97. The summed E-state index contributed by atoms with van der Waals surface area (Å²) in [7, 11) is 0. The van der Waals surface area contributed by atoms with Gasteiger partial charge in [0, 0.05) is 16.2 Å². The van der Waals surface area contributed by atoms with Gasteiger partial charge in [0.05, 0.1) is 36.5 Å². The molecule has 0 heterocycles. The number of halogens is 1. The zero-order valence-corrected chi connectivity index (χ0v) is 24.3. The van der Waals surface area contributed by atoms with Crippen molar-refractivity contribution in [1.82, 2.24) is 0 Å². The summed E-state index contributed by atoms with van der Waals surface area (Å²) in [6.07, 6.45) is 0. The van der Waals surface area contributed by atoms with Crippen LogP contribution in [0.1, 0.15) is 74.1 Å². The van der Waals surface area contributed by atoms with Crippen LogP contribution < -0.4 is 0 Å². The van der Waals surface area contributed by atoms with Crippen LogP contribution in [-0.4, -0.2) is 37.7 Å². The van der Waals surface area contributed by atoms with E-state index in [0.29, 0.717) is 21.7 Å². The van der Waals surface area contributed by atoms with Crippen molar-refractivity contribution in [3.63, 3.8) is 0 Å². The van der Waals surface area contributed by atoms with Crippen molar-refractivity contribution >= 4 is 40.7 Å². The Morgan fingerprint density at radius 2 is 1.00 bits per heavy atom. The summed E-state index contributed by atoms with van der Waals surface area (Å²) in [5.41, 5.74) is 8.05. The minimum absolute atomic E-state index is 0.259. The normalized spacial score (nSPS) is 11.4. The van der Waals surface area contributed by atoms with Crippen LogP contribution in [0.15, 0.2) is 84.9 Å². The number of ether oxygens (including phenoxy) is 3. The van der Waals surface area contributed by atoms with Gasteiger partial charge in [0.15, 0.2) is 0 Å². The van der Waals surface area contributed by atoms with Crippen LogP contribution in [0, 0.1) is 0 Å². The van der Waals surface area contributed by atoms with Gasteiger partial charge in [-0.1, -0.05) is 54.1 Å². The Labute approximate surface area is 249 Å². The standard InChI is InChI=1S/C35H29ClO6/c1-4-40-33(37)23-14-10-21(11-15-23)30(22-12-16-24(17-13-22)34(38)41-5-2)32-28-20-25(35(39)42-6-3)18-19-26(28)27-8-7-9-29(36)31(27)32/h7-20H,4-6H2,1-3H3. The second-order valence-electron chi connectivity index (χ2n) is 9.49. The lowest BCUT2D eigenvalue weighted by Gasteiger charge is -2.17. The minimum atomic E-state index is -0.416. The molecule has 0 aromatic heterocycles. The molecular formula is C35H29ClO6. The van der Waals surface area contributed by atoms with Gasteiger partial charge in [-0.3, -0.25) is 0 Å². The molecule has 0 amide bonds. The molecule has 0 radical (unpaired) electrons. The molecule has 6 nitrogen and oxygen atoms in total. The van der Waals surface area contributed by atoms with Crippen LogP contribution in [-0.2, 0) is 14.2 Å². The molecule has 0 saturated heterocycles. The lowest BCUT2D eigenvalue weighted by molar-refractivity contribution is 0.0516. The summed E-state index contributed by atoms with van der Waals surface area (Å²) in [4.78, 5) is 37.5. The number of hydrogen-bond acceptors (Lipinski definition) is 6. The number of benzene rings is 4. The Balaban J connectivity index is 1.79. The van der Waals surface area contributed by atoms with E-state index in [9.17, 15) is 14.4 Å². The number of carbonyl (C=O) groups is 3. The Morgan fingerprint density at radius 3 is 1.50 bits per heavy atom. The second kappa shape index (κ2) is 12.5. The van der Waals surface area contributed by atoms with E-state index in [4.69, 9.17) is 25.8 Å². The minimum Gasteiger partial charge on any atom is -0.462 e. The Bertz CT molecular complexity index is 1640. The fraction of sp³-hybridized carbons (Fsp3) is 0.171. The zero-order chi connectivity index (χ0) is 29.8. The number of hydrogen-bond donors (Lipinski definition) is 0. The topological polar surface area (TPSA) is 78.9 Å². The van der Waals surface area contributed by atoms with Gasteiger partial charge >= 0.3 is 17.9 Å². The van der Waals surface area contributed by atoms with E-state index in [1.165, 1.54) is 0 Å². The number of fused-ring (bicyclic) bond motifs is 3. The number of rotatable bonds is 8. The number of carbonyl (C=O) groups excluding carboxylic acids is 3. The molecule has 0 atom stereocenters. The third kappa shape index (κ3) is 5.46. The highest BCUT2D eigenvalue weighted by Gasteiger charge is 2.30. The first kappa shape index (κ1) is 28.8. The SMILES string of the molecule is CCOC(=O)c1ccc(C(=C2c3cc(C(=O)OCC)ccc3-c3cccc(Cl)c32)c2ccc(C(=O)OCC)cc2)cc1. The summed E-state index contributed by atoms with van der Waals surface area (Å²) < 4.78 is 15.6. The molecule has 0 fully saturated rings. The fourth-order valence-electron chi connectivity index (χ4n) is 5.15. The Hall–Kier alpha value is -4.68. The summed E-state index contributed by atoms with van der Waals surface area (Å²) in [6.45, 7) is 6.10. The van der Waals surface area contributed by atoms with Crippen LogP contribution >= 0.6 is 11.6 Å². The third-order valence-corrected chi connectivity index (χ3v) is 7.29. The molecule has 0 bridgehead atoms. The molecule has 1 aliphatic rings. The molecule has 1 aliphatic carbocycles. The van der Waals surface area contributed by atoms with Crippen molar-refractivity contribution in [3.05, 3.63) is 129 Å². The van der Waals surface area contributed by atoms with Crippen molar-refractivity contribution < 1.29 is 28.6 Å². The van der Waals surface area contributed by atoms with Crippen molar-refractivity contribution in [2.24, 2.45) is 0 Å². The van der Waals surface area contributed by atoms with Crippen LogP contribution in [0.5, 0.6) is 0 Å². The number of esters is 3. The molecule has 42 heavy (non-hydrogen) atoms. The molecule has 0 aliphatic heterocycles. The van der Waals surface area contributed by atoms with E-state index in [1.807, 2.05) is 54.6 Å².